The fourth-order valence-electron chi connectivity index (χ4n) is 3.99. The smallest absolute Gasteiger partial charge is 0.410 e. The van der Waals surface area contributed by atoms with Crippen molar-refractivity contribution in [1.82, 2.24) is 9.80 Å². The van der Waals surface area contributed by atoms with E-state index in [1.807, 2.05) is 23.1 Å². The van der Waals surface area contributed by atoms with Crippen molar-refractivity contribution in [2.24, 2.45) is 0 Å². The third-order valence-corrected chi connectivity index (χ3v) is 5.25. The number of ether oxygens (including phenoxy) is 1. The molecule has 0 spiro atoms. The van der Waals surface area contributed by atoms with Crippen molar-refractivity contribution in [2.45, 2.75) is 57.6 Å². The number of amides is 1. The second kappa shape index (κ2) is 8.52. The fraction of sp³-hybridized carbons (Fsp3) is 0.650. The van der Waals surface area contributed by atoms with E-state index in [1.165, 1.54) is 32.4 Å². The molecular weight excluding hydrogens is 300 g/mol. The van der Waals surface area contributed by atoms with E-state index in [0.29, 0.717) is 0 Å². The molecule has 2 aliphatic heterocycles. The molecule has 2 atom stereocenters. The number of benzene rings is 1. The van der Waals surface area contributed by atoms with Crippen LogP contribution in [-0.4, -0.2) is 48.1 Å². The summed E-state index contributed by atoms with van der Waals surface area (Å²) < 4.78 is 5.74. The molecule has 0 bridgehead atoms. The number of rotatable bonds is 7. The van der Waals surface area contributed by atoms with Crippen LogP contribution in [0.5, 0.6) is 0 Å². The fourth-order valence-corrected chi connectivity index (χ4v) is 3.99. The van der Waals surface area contributed by atoms with Gasteiger partial charge in [0, 0.05) is 6.54 Å². The highest BCUT2D eigenvalue weighted by atomic mass is 16.6. The normalized spacial score (nSPS) is 25.0. The first-order valence-electron chi connectivity index (χ1n) is 9.54. The van der Waals surface area contributed by atoms with Crippen LogP contribution in [0.4, 0.5) is 4.79 Å². The molecule has 1 aromatic rings. The van der Waals surface area contributed by atoms with Crippen LogP contribution in [0.1, 0.15) is 57.1 Å². The topological polar surface area (TPSA) is 32.8 Å². The summed E-state index contributed by atoms with van der Waals surface area (Å²) in [6.45, 7) is 6.52. The van der Waals surface area contributed by atoms with Gasteiger partial charge in [0.25, 0.3) is 0 Å². The Morgan fingerprint density at radius 1 is 1.08 bits per heavy atom. The summed E-state index contributed by atoms with van der Waals surface area (Å²) in [5, 5.41) is 0. The molecule has 4 heteroatoms. The number of likely N-dealkylation sites (tertiary alicyclic amines) is 1. The lowest BCUT2D eigenvalue weighted by Gasteiger charge is -2.28. The Morgan fingerprint density at radius 2 is 1.83 bits per heavy atom. The highest BCUT2D eigenvalue weighted by molar-refractivity contribution is 5.71. The standard InChI is InChI=1S/C20H30N2O2/c1-2-10-18-19(17-11-5-3-6-12-17)24-20(23)22(18)16-9-15-21-13-7-4-8-14-21/h3,5-6,11-12,18-19H,2,4,7-10,13-16H2,1H3. The number of hydrogen-bond acceptors (Lipinski definition) is 3. The van der Waals surface area contributed by atoms with Crippen molar-refractivity contribution < 1.29 is 9.53 Å². The average molecular weight is 330 g/mol. The van der Waals surface area contributed by atoms with Gasteiger partial charge in [-0.25, -0.2) is 4.79 Å². The number of hydrogen-bond donors (Lipinski definition) is 0. The van der Waals surface area contributed by atoms with E-state index in [2.05, 4.69) is 24.0 Å². The minimum Gasteiger partial charge on any atom is -0.439 e. The van der Waals surface area contributed by atoms with E-state index in [-0.39, 0.29) is 18.2 Å². The van der Waals surface area contributed by atoms with Crippen molar-refractivity contribution in [1.29, 1.82) is 0 Å². The van der Waals surface area contributed by atoms with Gasteiger partial charge in [0.05, 0.1) is 6.04 Å². The molecule has 0 radical (unpaired) electrons. The van der Waals surface area contributed by atoms with Crippen LogP contribution in [0.25, 0.3) is 0 Å². The molecule has 3 rings (SSSR count). The number of carbonyl (C=O) groups excluding carboxylic acids is 1. The minimum absolute atomic E-state index is 0.117. The lowest BCUT2D eigenvalue weighted by atomic mass is 9.98. The van der Waals surface area contributed by atoms with Crippen LogP contribution in [0.15, 0.2) is 30.3 Å². The average Bonchev–Trinajstić information content (AvgIpc) is 2.93. The van der Waals surface area contributed by atoms with Crippen LogP contribution < -0.4 is 0 Å². The molecule has 2 saturated heterocycles. The quantitative estimate of drug-likeness (QED) is 0.750. The van der Waals surface area contributed by atoms with Gasteiger partial charge in [-0.2, -0.15) is 0 Å². The van der Waals surface area contributed by atoms with E-state index in [1.54, 1.807) is 0 Å². The maximum absolute atomic E-state index is 12.4. The largest absolute Gasteiger partial charge is 0.439 e. The highest BCUT2D eigenvalue weighted by Crippen LogP contribution is 2.35. The molecule has 2 fully saturated rings. The summed E-state index contributed by atoms with van der Waals surface area (Å²) in [5.74, 6) is 0. The minimum atomic E-state index is -0.138. The van der Waals surface area contributed by atoms with Gasteiger partial charge in [0.15, 0.2) is 0 Å². The van der Waals surface area contributed by atoms with Gasteiger partial charge in [0.2, 0.25) is 0 Å². The monoisotopic (exact) mass is 330 g/mol. The van der Waals surface area contributed by atoms with Gasteiger partial charge in [-0.15, -0.1) is 0 Å². The third-order valence-electron chi connectivity index (χ3n) is 5.25. The molecule has 2 unspecified atom stereocenters. The number of carbonyl (C=O) groups is 1. The Labute approximate surface area is 145 Å². The highest BCUT2D eigenvalue weighted by Gasteiger charge is 2.41. The summed E-state index contributed by atoms with van der Waals surface area (Å²) in [5.41, 5.74) is 1.11. The van der Waals surface area contributed by atoms with Gasteiger partial charge in [-0.3, -0.25) is 0 Å². The second-order valence-electron chi connectivity index (χ2n) is 7.02. The van der Waals surface area contributed by atoms with Crippen LogP contribution >= 0.6 is 0 Å². The molecule has 2 heterocycles. The second-order valence-corrected chi connectivity index (χ2v) is 7.02. The first-order valence-corrected chi connectivity index (χ1v) is 9.54. The Bertz CT molecular complexity index is 514. The van der Waals surface area contributed by atoms with Crippen molar-refractivity contribution in [3.8, 4) is 0 Å². The van der Waals surface area contributed by atoms with E-state index in [4.69, 9.17) is 4.74 Å². The van der Waals surface area contributed by atoms with Crippen LogP contribution in [0, 0.1) is 0 Å². The van der Waals surface area contributed by atoms with Gasteiger partial charge in [-0.1, -0.05) is 50.1 Å². The first kappa shape index (κ1) is 17.3. The van der Waals surface area contributed by atoms with Crippen molar-refractivity contribution in [3.63, 3.8) is 0 Å². The Balaban J connectivity index is 1.59. The Hall–Kier alpha value is -1.55. The van der Waals surface area contributed by atoms with Crippen LogP contribution in [0.2, 0.25) is 0 Å². The molecule has 1 aromatic carbocycles. The summed E-state index contributed by atoms with van der Waals surface area (Å²) in [6.07, 6.45) is 6.85. The van der Waals surface area contributed by atoms with Crippen molar-refractivity contribution in [3.05, 3.63) is 35.9 Å². The number of nitrogens with zero attached hydrogens (tertiary/aromatic N) is 2. The molecule has 1 amide bonds. The van der Waals surface area contributed by atoms with Gasteiger partial charge < -0.3 is 14.5 Å². The molecule has 132 valence electrons. The van der Waals surface area contributed by atoms with Crippen LogP contribution in [0.3, 0.4) is 0 Å². The van der Waals surface area contributed by atoms with E-state index in [9.17, 15) is 4.79 Å². The third kappa shape index (κ3) is 4.10. The maximum Gasteiger partial charge on any atom is 0.410 e. The zero-order chi connectivity index (χ0) is 16.8. The predicted octanol–water partition coefficient (Wildman–Crippen LogP) is 4.22. The predicted molar refractivity (Wildman–Crippen MR) is 96.0 cm³/mol. The van der Waals surface area contributed by atoms with E-state index >= 15 is 0 Å². The molecule has 0 N–H and O–H groups in total. The lowest BCUT2D eigenvalue weighted by molar-refractivity contribution is 0.129. The Kier molecular flexibility index (Phi) is 6.13. The zero-order valence-corrected chi connectivity index (χ0v) is 14.8. The van der Waals surface area contributed by atoms with Gasteiger partial charge in [0.1, 0.15) is 6.10 Å². The Morgan fingerprint density at radius 3 is 2.54 bits per heavy atom. The van der Waals surface area contributed by atoms with E-state index in [0.717, 1.165) is 37.9 Å². The zero-order valence-electron chi connectivity index (χ0n) is 14.8. The summed E-state index contributed by atoms with van der Waals surface area (Å²) in [7, 11) is 0. The van der Waals surface area contributed by atoms with Crippen molar-refractivity contribution in [2.75, 3.05) is 26.2 Å². The summed E-state index contributed by atoms with van der Waals surface area (Å²) >= 11 is 0. The summed E-state index contributed by atoms with van der Waals surface area (Å²) in [6, 6.07) is 10.4. The van der Waals surface area contributed by atoms with Crippen LogP contribution in [-0.2, 0) is 4.74 Å². The van der Waals surface area contributed by atoms with Crippen molar-refractivity contribution >= 4 is 6.09 Å². The molecule has 24 heavy (non-hydrogen) atoms. The first-order chi connectivity index (χ1) is 11.8. The molecule has 4 nitrogen and oxygen atoms in total. The molecular formula is C20H30N2O2. The number of cyclic esters (lactones) is 1. The van der Waals surface area contributed by atoms with Gasteiger partial charge >= 0.3 is 6.09 Å². The molecule has 0 aliphatic carbocycles. The SMILES string of the molecule is CCCC1C(c2ccccc2)OC(=O)N1CCCN1CCCCC1. The summed E-state index contributed by atoms with van der Waals surface area (Å²) in [4.78, 5) is 16.9. The van der Waals surface area contributed by atoms with E-state index < -0.39 is 0 Å². The number of piperidine rings is 1. The van der Waals surface area contributed by atoms with Gasteiger partial charge in [-0.05, 0) is 50.9 Å². The maximum atomic E-state index is 12.4. The lowest BCUT2D eigenvalue weighted by Crippen LogP contribution is -2.37. The molecule has 0 saturated carbocycles. The molecule has 0 aromatic heterocycles. The molecule has 2 aliphatic rings.